The molecule has 0 aliphatic rings. The van der Waals surface area contributed by atoms with E-state index in [2.05, 4.69) is 11.9 Å². The normalized spacial score (nSPS) is 11.1. The van der Waals surface area contributed by atoms with Crippen LogP contribution in [0.4, 0.5) is 0 Å². The minimum atomic E-state index is -0.502. The van der Waals surface area contributed by atoms with E-state index in [-0.39, 0.29) is 16.6 Å². The summed E-state index contributed by atoms with van der Waals surface area (Å²) in [5.74, 6) is -0.0635. The van der Waals surface area contributed by atoms with E-state index in [1.165, 1.54) is 4.57 Å². The zero-order valence-corrected chi connectivity index (χ0v) is 13.2. The van der Waals surface area contributed by atoms with Crippen molar-refractivity contribution in [2.45, 2.75) is 39.5 Å². The van der Waals surface area contributed by atoms with E-state index in [4.69, 9.17) is 11.6 Å². The van der Waals surface area contributed by atoms with E-state index in [0.29, 0.717) is 11.3 Å². The second kappa shape index (κ2) is 6.31. The fourth-order valence-electron chi connectivity index (χ4n) is 2.45. The van der Waals surface area contributed by atoms with Gasteiger partial charge >= 0.3 is 5.69 Å². The highest BCUT2D eigenvalue weighted by molar-refractivity contribution is 6.30. The van der Waals surface area contributed by atoms with Crippen molar-refractivity contribution in [3.05, 3.63) is 61.4 Å². The fourth-order valence-corrected chi connectivity index (χ4v) is 2.83. The fraction of sp³-hybridized carbons (Fsp3) is 0.375. The Morgan fingerprint density at radius 1 is 1.24 bits per heavy atom. The number of benzene rings is 1. The molecule has 0 saturated carbocycles. The van der Waals surface area contributed by atoms with Crippen molar-refractivity contribution in [3.63, 3.8) is 0 Å². The minimum Gasteiger partial charge on any atom is -0.297 e. The summed E-state index contributed by atoms with van der Waals surface area (Å²) in [4.78, 5) is 27.5. The number of halogens is 1. The molecule has 0 aliphatic heterocycles. The Morgan fingerprint density at radius 2 is 1.90 bits per heavy atom. The number of hydrogen-bond donors (Lipinski definition) is 1. The van der Waals surface area contributed by atoms with Crippen molar-refractivity contribution in [2.24, 2.45) is 0 Å². The molecule has 0 radical (unpaired) electrons. The number of aromatic amines is 1. The van der Waals surface area contributed by atoms with Crippen LogP contribution >= 0.6 is 11.6 Å². The van der Waals surface area contributed by atoms with Gasteiger partial charge in [0.05, 0.1) is 11.3 Å². The zero-order valence-electron chi connectivity index (χ0n) is 12.4. The third-order valence-corrected chi connectivity index (χ3v) is 3.72. The largest absolute Gasteiger partial charge is 0.334 e. The van der Waals surface area contributed by atoms with Crippen LogP contribution in [0, 0.1) is 0 Å². The van der Waals surface area contributed by atoms with Gasteiger partial charge in [0.1, 0.15) is 5.15 Å². The van der Waals surface area contributed by atoms with E-state index in [1.807, 2.05) is 32.0 Å². The van der Waals surface area contributed by atoms with E-state index >= 15 is 0 Å². The number of H-pyrrole nitrogens is 1. The van der Waals surface area contributed by atoms with Crippen LogP contribution in [0.5, 0.6) is 0 Å². The van der Waals surface area contributed by atoms with Crippen LogP contribution in [0.1, 0.15) is 44.2 Å². The van der Waals surface area contributed by atoms with Crippen LogP contribution < -0.4 is 11.2 Å². The van der Waals surface area contributed by atoms with Crippen LogP contribution in [-0.4, -0.2) is 9.55 Å². The molecule has 0 fully saturated rings. The summed E-state index contributed by atoms with van der Waals surface area (Å²) in [7, 11) is 0. The molecule has 21 heavy (non-hydrogen) atoms. The Hall–Kier alpha value is -1.81. The predicted molar refractivity (Wildman–Crippen MR) is 85.8 cm³/mol. The SMILES string of the molecule is CCCc1ccccc1-n1c(=O)[nH]c(Cl)c(C(C)C)c1=O. The Kier molecular flexibility index (Phi) is 4.68. The summed E-state index contributed by atoms with van der Waals surface area (Å²) in [6.45, 7) is 5.82. The van der Waals surface area contributed by atoms with E-state index in [0.717, 1.165) is 18.4 Å². The van der Waals surface area contributed by atoms with Gasteiger partial charge in [0.25, 0.3) is 5.56 Å². The lowest BCUT2D eigenvalue weighted by Crippen LogP contribution is -2.37. The molecule has 1 heterocycles. The first-order valence-corrected chi connectivity index (χ1v) is 7.48. The molecule has 0 spiro atoms. The number of nitrogens with one attached hydrogen (secondary N) is 1. The number of hydrogen-bond acceptors (Lipinski definition) is 2. The number of aryl methyl sites for hydroxylation is 1. The lowest BCUT2D eigenvalue weighted by atomic mass is 10.1. The Balaban J connectivity index is 2.79. The number of aromatic nitrogens is 2. The second-order valence-corrected chi connectivity index (χ2v) is 5.71. The maximum absolute atomic E-state index is 12.7. The van der Waals surface area contributed by atoms with Gasteiger partial charge in [0.15, 0.2) is 0 Å². The molecule has 5 heteroatoms. The van der Waals surface area contributed by atoms with Crippen molar-refractivity contribution >= 4 is 11.6 Å². The number of para-hydroxylation sites is 1. The molecule has 0 atom stereocenters. The average molecular weight is 307 g/mol. The summed E-state index contributed by atoms with van der Waals surface area (Å²) in [6.07, 6.45) is 1.75. The first kappa shape index (κ1) is 15.6. The molecule has 1 aromatic heterocycles. The first-order chi connectivity index (χ1) is 9.97. The molecule has 0 unspecified atom stereocenters. The highest BCUT2D eigenvalue weighted by Gasteiger charge is 2.17. The second-order valence-electron chi connectivity index (χ2n) is 5.33. The van der Waals surface area contributed by atoms with Crippen LogP contribution in [0.3, 0.4) is 0 Å². The van der Waals surface area contributed by atoms with Crippen molar-refractivity contribution in [1.82, 2.24) is 9.55 Å². The maximum Gasteiger partial charge on any atom is 0.334 e. The lowest BCUT2D eigenvalue weighted by Gasteiger charge is -2.14. The summed E-state index contributed by atoms with van der Waals surface area (Å²) in [6, 6.07) is 7.46. The van der Waals surface area contributed by atoms with Gasteiger partial charge in [-0.2, -0.15) is 0 Å². The van der Waals surface area contributed by atoms with Crippen LogP contribution in [0.25, 0.3) is 5.69 Å². The topological polar surface area (TPSA) is 54.9 Å². The van der Waals surface area contributed by atoms with Gasteiger partial charge in [-0.25, -0.2) is 9.36 Å². The van der Waals surface area contributed by atoms with Gasteiger partial charge in [-0.05, 0) is 24.0 Å². The quantitative estimate of drug-likeness (QED) is 0.882. The Bertz CT molecular complexity index is 760. The highest BCUT2D eigenvalue weighted by atomic mass is 35.5. The summed E-state index contributed by atoms with van der Waals surface area (Å²) < 4.78 is 1.19. The molecule has 0 saturated heterocycles. The van der Waals surface area contributed by atoms with Gasteiger partial charge in [-0.1, -0.05) is 57.0 Å². The van der Waals surface area contributed by atoms with Gasteiger partial charge in [0.2, 0.25) is 0 Å². The molecule has 2 rings (SSSR count). The minimum absolute atomic E-state index is 0.0635. The lowest BCUT2D eigenvalue weighted by molar-refractivity contribution is 0.769. The molecule has 0 bridgehead atoms. The predicted octanol–water partition coefficient (Wildman–Crippen LogP) is 3.26. The molecule has 1 N–H and O–H groups in total. The summed E-state index contributed by atoms with van der Waals surface area (Å²) in [5.41, 5.74) is 1.19. The van der Waals surface area contributed by atoms with Crippen molar-refractivity contribution in [2.75, 3.05) is 0 Å². The highest BCUT2D eigenvalue weighted by Crippen LogP contribution is 2.19. The number of rotatable bonds is 4. The van der Waals surface area contributed by atoms with Crippen LogP contribution in [-0.2, 0) is 6.42 Å². The molecule has 112 valence electrons. The monoisotopic (exact) mass is 306 g/mol. The van der Waals surface area contributed by atoms with Crippen molar-refractivity contribution < 1.29 is 0 Å². The Morgan fingerprint density at radius 3 is 2.52 bits per heavy atom. The van der Waals surface area contributed by atoms with Gasteiger partial charge in [-0.3, -0.25) is 9.78 Å². The van der Waals surface area contributed by atoms with Gasteiger partial charge in [0, 0.05) is 0 Å². The smallest absolute Gasteiger partial charge is 0.297 e. The van der Waals surface area contributed by atoms with Crippen LogP contribution in [0.2, 0.25) is 5.15 Å². The molecule has 0 amide bonds. The van der Waals surface area contributed by atoms with E-state index in [9.17, 15) is 9.59 Å². The summed E-state index contributed by atoms with van der Waals surface area (Å²) in [5, 5.41) is 0.129. The van der Waals surface area contributed by atoms with Crippen LogP contribution in [0.15, 0.2) is 33.9 Å². The molecule has 0 aliphatic carbocycles. The molecule has 2 aromatic rings. The Labute approximate surface area is 128 Å². The van der Waals surface area contributed by atoms with Crippen molar-refractivity contribution in [1.29, 1.82) is 0 Å². The maximum atomic E-state index is 12.7. The average Bonchev–Trinajstić information content (AvgIpc) is 2.39. The summed E-state index contributed by atoms with van der Waals surface area (Å²) >= 11 is 6.02. The zero-order chi connectivity index (χ0) is 15.6. The first-order valence-electron chi connectivity index (χ1n) is 7.10. The third-order valence-electron chi connectivity index (χ3n) is 3.42. The number of nitrogens with zero attached hydrogens (tertiary/aromatic N) is 1. The van der Waals surface area contributed by atoms with E-state index in [1.54, 1.807) is 6.07 Å². The van der Waals surface area contributed by atoms with Gasteiger partial charge < -0.3 is 0 Å². The molecule has 4 nitrogen and oxygen atoms in total. The third kappa shape index (κ3) is 2.95. The van der Waals surface area contributed by atoms with Crippen molar-refractivity contribution in [3.8, 4) is 5.69 Å². The molecular weight excluding hydrogens is 288 g/mol. The van der Waals surface area contributed by atoms with Gasteiger partial charge in [-0.15, -0.1) is 0 Å². The standard InChI is InChI=1S/C16H19ClN2O2/c1-4-7-11-8-5-6-9-12(11)19-15(20)13(10(2)3)14(17)18-16(19)21/h5-6,8-10H,4,7H2,1-3H3,(H,18,21). The molecular formula is C16H19ClN2O2. The molecule has 1 aromatic carbocycles. The van der Waals surface area contributed by atoms with E-state index < -0.39 is 5.69 Å².